The second-order valence-corrected chi connectivity index (χ2v) is 5.00. The van der Waals surface area contributed by atoms with Gasteiger partial charge in [0.25, 0.3) is 0 Å². The molecule has 0 atom stereocenters. The number of amides is 1. The lowest BCUT2D eigenvalue weighted by molar-refractivity contribution is -0.118. The zero-order valence-corrected chi connectivity index (χ0v) is 10.5. The van der Waals surface area contributed by atoms with E-state index in [0.29, 0.717) is 12.4 Å². The molecule has 1 amide bonds. The molecule has 1 aliphatic carbocycles. The Labute approximate surface area is 106 Å². The van der Waals surface area contributed by atoms with Crippen molar-refractivity contribution in [2.45, 2.75) is 31.7 Å². The van der Waals surface area contributed by atoms with Crippen LogP contribution in [0.4, 0.5) is 17.5 Å². The monoisotopic (exact) mass is 247 g/mol. The van der Waals surface area contributed by atoms with E-state index in [-0.39, 0.29) is 17.9 Å². The summed E-state index contributed by atoms with van der Waals surface area (Å²) in [4.78, 5) is 24.2. The molecule has 2 heterocycles. The van der Waals surface area contributed by atoms with Crippen molar-refractivity contribution < 1.29 is 4.79 Å². The first-order chi connectivity index (χ1) is 8.66. The molecule has 3 rings (SSSR count). The van der Waals surface area contributed by atoms with E-state index in [2.05, 4.69) is 9.97 Å². The molecule has 0 spiro atoms. The Hall–Kier alpha value is -1.85. The Morgan fingerprint density at radius 3 is 2.83 bits per heavy atom. The van der Waals surface area contributed by atoms with Crippen molar-refractivity contribution in [2.75, 3.05) is 29.1 Å². The van der Waals surface area contributed by atoms with Crippen molar-refractivity contribution in [3.63, 3.8) is 0 Å². The molecule has 0 unspecified atom stereocenters. The molecule has 1 aromatic heterocycles. The van der Waals surface area contributed by atoms with Crippen LogP contribution in [0.5, 0.6) is 0 Å². The third-order valence-electron chi connectivity index (χ3n) is 3.74. The van der Waals surface area contributed by atoms with Crippen molar-refractivity contribution in [1.82, 2.24) is 9.97 Å². The van der Waals surface area contributed by atoms with Gasteiger partial charge in [-0.15, -0.1) is 0 Å². The maximum absolute atomic E-state index is 12.2. The van der Waals surface area contributed by atoms with Gasteiger partial charge >= 0.3 is 0 Å². The van der Waals surface area contributed by atoms with Crippen molar-refractivity contribution in [3.05, 3.63) is 6.20 Å². The molecule has 1 fully saturated rings. The number of anilines is 3. The van der Waals surface area contributed by atoms with Crippen LogP contribution < -0.4 is 15.5 Å². The molecule has 0 radical (unpaired) electrons. The van der Waals surface area contributed by atoms with Crippen molar-refractivity contribution in [3.8, 4) is 0 Å². The van der Waals surface area contributed by atoms with E-state index in [0.717, 1.165) is 18.5 Å². The highest BCUT2D eigenvalue weighted by atomic mass is 16.2. The smallest absolute Gasteiger partial charge is 0.247 e. The number of rotatable bonds is 1. The summed E-state index contributed by atoms with van der Waals surface area (Å²) in [6.07, 6.45) is 6.17. The summed E-state index contributed by atoms with van der Waals surface area (Å²) < 4.78 is 0. The predicted molar refractivity (Wildman–Crippen MR) is 69.5 cm³/mol. The molecule has 96 valence electrons. The van der Waals surface area contributed by atoms with E-state index in [4.69, 9.17) is 5.73 Å². The fourth-order valence-electron chi connectivity index (χ4n) is 2.85. The minimum absolute atomic E-state index is 0.106. The van der Waals surface area contributed by atoms with E-state index >= 15 is 0 Å². The van der Waals surface area contributed by atoms with Crippen LogP contribution in [0.2, 0.25) is 0 Å². The molecular formula is C12H17N5O. The number of aromatic nitrogens is 2. The standard InChI is InChI=1S/C12H17N5O/c1-16-7-10(18)17(8-4-2-3-5-8)11-9(16)6-14-12(13)15-11/h6,8H,2-5,7H2,1H3,(H2,13,14,15). The lowest BCUT2D eigenvalue weighted by Gasteiger charge is -2.37. The van der Waals surface area contributed by atoms with E-state index in [1.807, 2.05) is 16.8 Å². The number of fused-ring (bicyclic) bond motifs is 1. The molecule has 18 heavy (non-hydrogen) atoms. The van der Waals surface area contributed by atoms with Gasteiger partial charge in [0.05, 0.1) is 18.4 Å². The molecule has 6 nitrogen and oxygen atoms in total. The molecule has 1 saturated carbocycles. The zero-order valence-electron chi connectivity index (χ0n) is 10.5. The maximum atomic E-state index is 12.2. The van der Waals surface area contributed by atoms with Gasteiger partial charge in [-0.2, -0.15) is 4.98 Å². The van der Waals surface area contributed by atoms with Crippen LogP contribution >= 0.6 is 0 Å². The number of nitrogens with two attached hydrogens (primary N) is 1. The first-order valence-corrected chi connectivity index (χ1v) is 6.32. The van der Waals surface area contributed by atoms with Crippen LogP contribution in [0.1, 0.15) is 25.7 Å². The number of carbonyl (C=O) groups excluding carboxylic acids is 1. The molecule has 2 aliphatic rings. The number of nitrogen functional groups attached to an aromatic ring is 1. The normalized spacial score (nSPS) is 20.4. The summed E-state index contributed by atoms with van der Waals surface area (Å²) in [5.74, 6) is 1.00. The average Bonchev–Trinajstić information content (AvgIpc) is 2.82. The predicted octanol–water partition coefficient (Wildman–Crippen LogP) is 0.784. The lowest BCUT2D eigenvalue weighted by Crippen LogP contribution is -2.49. The summed E-state index contributed by atoms with van der Waals surface area (Å²) in [7, 11) is 1.88. The summed E-state index contributed by atoms with van der Waals surface area (Å²) in [6, 6.07) is 0.277. The van der Waals surface area contributed by atoms with E-state index in [1.54, 1.807) is 6.20 Å². The van der Waals surface area contributed by atoms with Crippen LogP contribution in [0.3, 0.4) is 0 Å². The topological polar surface area (TPSA) is 75.4 Å². The SMILES string of the molecule is CN1CC(=O)N(C2CCCC2)c2nc(N)ncc21. The van der Waals surface area contributed by atoms with Gasteiger partial charge in [-0.1, -0.05) is 12.8 Å². The summed E-state index contributed by atoms with van der Waals surface area (Å²) >= 11 is 0. The molecule has 0 bridgehead atoms. The Morgan fingerprint density at radius 2 is 2.11 bits per heavy atom. The Kier molecular flexibility index (Phi) is 2.57. The van der Waals surface area contributed by atoms with Gasteiger partial charge in [0.1, 0.15) is 0 Å². The third kappa shape index (κ3) is 1.68. The maximum Gasteiger partial charge on any atom is 0.247 e. The molecule has 1 aromatic rings. The number of nitrogens with zero attached hydrogens (tertiary/aromatic N) is 4. The number of likely N-dealkylation sites (N-methyl/N-ethyl adjacent to an activating group) is 1. The van der Waals surface area contributed by atoms with Crippen LogP contribution in [-0.2, 0) is 4.79 Å². The Morgan fingerprint density at radius 1 is 1.39 bits per heavy atom. The highest BCUT2D eigenvalue weighted by Crippen LogP contribution is 2.36. The van der Waals surface area contributed by atoms with Gasteiger partial charge in [-0.05, 0) is 12.8 Å². The quantitative estimate of drug-likeness (QED) is 0.794. The van der Waals surface area contributed by atoms with Crippen LogP contribution in [-0.4, -0.2) is 35.5 Å². The minimum Gasteiger partial charge on any atom is -0.368 e. The molecule has 0 aromatic carbocycles. The van der Waals surface area contributed by atoms with Crippen LogP contribution in [0.25, 0.3) is 0 Å². The highest BCUT2D eigenvalue weighted by Gasteiger charge is 2.35. The number of carbonyl (C=O) groups is 1. The summed E-state index contributed by atoms with van der Waals surface area (Å²) in [6.45, 7) is 0.386. The molecule has 2 N–H and O–H groups in total. The fraction of sp³-hybridized carbons (Fsp3) is 0.583. The van der Waals surface area contributed by atoms with Crippen molar-refractivity contribution in [2.24, 2.45) is 0 Å². The molecule has 6 heteroatoms. The molecular weight excluding hydrogens is 230 g/mol. The van der Waals surface area contributed by atoms with E-state index in [9.17, 15) is 4.79 Å². The fourth-order valence-corrected chi connectivity index (χ4v) is 2.85. The largest absolute Gasteiger partial charge is 0.368 e. The second-order valence-electron chi connectivity index (χ2n) is 5.00. The molecule has 0 saturated heterocycles. The first kappa shape index (κ1) is 11.3. The van der Waals surface area contributed by atoms with Gasteiger partial charge in [0.2, 0.25) is 11.9 Å². The third-order valence-corrected chi connectivity index (χ3v) is 3.74. The average molecular weight is 247 g/mol. The van der Waals surface area contributed by atoms with E-state index in [1.165, 1.54) is 12.8 Å². The summed E-state index contributed by atoms with van der Waals surface area (Å²) in [5, 5.41) is 0. The van der Waals surface area contributed by atoms with Gasteiger partial charge in [-0.25, -0.2) is 4.98 Å². The van der Waals surface area contributed by atoms with Crippen molar-refractivity contribution in [1.29, 1.82) is 0 Å². The van der Waals surface area contributed by atoms with Crippen LogP contribution in [0.15, 0.2) is 6.20 Å². The van der Waals surface area contributed by atoms with Crippen molar-refractivity contribution >= 4 is 23.4 Å². The summed E-state index contributed by atoms with van der Waals surface area (Å²) in [5.41, 5.74) is 6.54. The van der Waals surface area contributed by atoms with Gasteiger partial charge < -0.3 is 10.6 Å². The Bertz CT molecular complexity index is 483. The number of hydrogen-bond donors (Lipinski definition) is 1. The molecule has 1 aliphatic heterocycles. The van der Waals surface area contributed by atoms with Gasteiger partial charge in [-0.3, -0.25) is 9.69 Å². The number of hydrogen-bond acceptors (Lipinski definition) is 5. The zero-order chi connectivity index (χ0) is 12.7. The Balaban J connectivity index is 2.06. The lowest BCUT2D eigenvalue weighted by atomic mass is 10.1. The second kappa shape index (κ2) is 4.12. The highest BCUT2D eigenvalue weighted by molar-refractivity contribution is 6.02. The first-order valence-electron chi connectivity index (χ1n) is 6.32. The van der Waals surface area contributed by atoms with Gasteiger partial charge in [0, 0.05) is 13.1 Å². The van der Waals surface area contributed by atoms with Gasteiger partial charge in [0.15, 0.2) is 5.82 Å². The van der Waals surface area contributed by atoms with E-state index < -0.39 is 0 Å². The van der Waals surface area contributed by atoms with Crippen LogP contribution in [0, 0.1) is 0 Å². The minimum atomic E-state index is 0.106.